The quantitative estimate of drug-likeness (QED) is 0.652. The summed E-state index contributed by atoms with van der Waals surface area (Å²) in [4.78, 5) is 28.2. The van der Waals surface area contributed by atoms with E-state index in [9.17, 15) is 9.59 Å². The number of methoxy groups -OCH3 is 1. The third-order valence-electron chi connectivity index (χ3n) is 4.19. The highest BCUT2D eigenvalue weighted by atomic mass is 32.2. The molecule has 2 rings (SSSR count). The van der Waals surface area contributed by atoms with E-state index >= 15 is 0 Å². The minimum absolute atomic E-state index is 0.0161. The lowest BCUT2D eigenvalue weighted by atomic mass is 10.1. The maximum Gasteiger partial charge on any atom is 0.242 e. The number of amides is 2. The fourth-order valence-corrected chi connectivity index (χ4v) is 3.51. The number of rotatable bonds is 9. The van der Waals surface area contributed by atoms with Crippen LogP contribution >= 0.6 is 11.8 Å². The van der Waals surface area contributed by atoms with Crippen LogP contribution in [0.2, 0.25) is 0 Å². The van der Waals surface area contributed by atoms with Crippen molar-refractivity contribution >= 4 is 23.6 Å². The lowest BCUT2D eigenvalue weighted by Crippen LogP contribution is -2.49. The molecule has 0 aliphatic rings. The number of hydrogen-bond acceptors (Lipinski definition) is 4. The number of nitrogens with one attached hydrogen (secondary N) is 1. The molecule has 0 bridgehead atoms. The number of thioether (sulfide) groups is 1. The largest absolute Gasteiger partial charge is 0.497 e. The molecule has 0 fully saturated rings. The predicted octanol–water partition coefficient (Wildman–Crippen LogP) is 3.73. The highest BCUT2D eigenvalue weighted by molar-refractivity contribution is 8.00. The third-order valence-corrected chi connectivity index (χ3v) is 5.19. The van der Waals surface area contributed by atoms with Crippen LogP contribution in [0.4, 0.5) is 0 Å². The van der Waals surface area contributed by atoms with E-state index < -0.39 is 6.04 Å². The average Bonchev–Trinajstić information content (AvgIpc) is 2.70. The Hall–Kier alpha value is -2.47. The molecular weight excluding hydrogens is 372 g/mol. The first-order valence-electron chi connectivity index (χ1n) is 9.31. The topological polar surface area (TPSA) is 58.6 Å². The Kier molecular flexibility index (Phi) is 8.39. The Bertz CT molecular complexity index is 780. The number of ether oxygens (including phenoxy) is 1. The molecule has 1 N–H and O–H groups in total. The zero-order chi connectivity index (χ0) is 20.5. The summed E-state index contributed by atoms with van der Waals surface area (Å²) in [6, 6.07) is 16.8. The summed E-state index contributed by atoms with van der Waals surface area (Å²) < 4.78 is 5.28. The normalized spacial score (nSPS) is 11.8. The first kappa shape index (κ1) is 21.8. The van der Waals surface area contributed by atoms with Gasteiger partial charge in [0.2, 0.25) is 11.8 Å². The van der Waals surface area contributed by atoms with Crippen LogP contribution in [0.15, 0.2) is 59.5 Å². The second-order valence-electron chi connectivity index (χ2n) is 6.81. The molecular formula is C22H28N2O3S. The van der Waals surface area contributed by atoms with Gasteiger partial charge in [-0.3, -0.25) is 9.59 Å². The van der Waals surface area contributed by atoms with Gasteiger partial charge in [0, 0.05) is 17.5 Å². The molecule has 0 spiro atoms. The van der Waals surface area contributed by atoms with Crippen LogP contribution in [0.3, 0.4) is 0 Å². The first-order chi connectivity index (χ1) is 13.4. The van der Waals surface area contributed by atoms with Crippen LogP contribution in [0.5, 0.6) is 5.75 Å². The van der Waals surface area contributed by atoms with Gasteiger partial charge in [-0.15, -0.1) is 11.8 Å². The fraction of sp³-hybridized carbons (Fsp3) is 0.364. The summed E-state index contributed by atoms with van der Waals surface area (Å²) >= 11 is 1.47. The van der Waals surface area contributed by atoms with E-state index in [0.29, 0.717) is 6.54 Å². The highest BCUT2D eigenvalue weighted by Crippen LogP contribution is 2.20. The van der Waals surface area contributed by atoms with Crippen LogP contribution in [-0.2, 0) is 16.1 Å². The molecule has 28 heavy (non-hydrogen) atoms. The molecule has 2 amide bonds. The van der Waals surface area contributed by atoms with Gasteiger partial charge in [-0.1, -0.05) is 30.3 Å². The van der Waals surface area contributed by atoms with Crippen LogP contribution in [-0.4, -0.2) is 41.7 Å². The lowest BCUT2D eigenvalue weighted by Gasteiger charge is -2.29. The molecule has 1 atom stereocenters. The Morgan fingerprint density at radius 3 is 2.43 bits per heavy atom. The van der Waals surface area contributed by atoms with E-state index in [1.54, 1.807) is 18.9 Å². The molecule has 0 aliphatic carbocycles. The van der Waals surface area contributed by atoms with E-state index in [1.165, 1.54) is 11.8 Å². The van der Waals surface area contributed by atoms with Gasteiger partial charge in [0.25, 0.3) is 0 Å². The number of carbonyl (C=O) groups excluding carboxylic acids is 2. The van der Waals surface area contributed by atoms with Crippen LogP contribution in [0.25, 0.3) is 0 Å². The summed E-state index contributed by atoms with van der Waals surface area (Å²) in [5.74, 6) is 0.759. The second kappa shape index (κ2) is 10.8. The van der Waals surface area contributed by atoms with Crippen LogP contribution in [0, 0.1) is 0 Å². The average molecular weight is 401 g/mol. The Morgan fingerprint density at radius 1 is 1.07 bits per heavy atom. The maximum atomic E-state index is 13.0. The van der Waals surface area contributed by atoms with Gasteiger partial charge in [0.05, 0.1) is 12.9 Å². The van der Waals surface area contributed by atoms with Gasteiger partial charge >= 0.3 is 0 Å². The van der Waals surface area contributed by atoms with Gasteiger partial charge in [-0.05, 0) is 50.6 Å². The van der Waals surface area contributed by atoms with Crippen molar-refractivity contribution in [3.8, 4) is 5.75 Å². The summed E-state index contributed by atoms with van der Waals surface area (Å²) in [6.45, 7) is 5.93. The summed E-state index contributed by atoms with van der Waals surface area (Å²) in [5.41, 5.74) is 0.918. The van der Waals surface area contributed by atoms with Crippen molar-refractivity contribution in [2.75, 3.05) is 12.9 Å². The zero-order valence-electron chi connectivity index (χ0n) is 16.8. The molecule has 150 valence electrons. The number of nitrogens with zero attached hydrogens (tertiary/aromatic N) is 1. The molecule has 2 aromatic carbocycles. The third kappa shape index (κ3) is 6.60. The van der Waals surface area contributed by atoms with Gasteiger partial charge in [0.1, 0.15) is 11.8 Å². The van der Waals surface area contributed by atoms with Crippen molar-refractivity contribution in [1.29, 1.82) is 0 Å². The van der Waals surface area contributed by atoms with E-state index in [4.69, 9.17) is 4.74 Å². The molecule has 0 radical (unpaired) electrons. The van der Waals surface area contributed by atoms with Crippen molar-refractivity contribution < 1.29 is 14.3 Å². The minimum Gasteiger partial charge on any atom is -0.497 e. The molecule has 2 aromatic rings. The van der Waals surface area contributed by atoms with Crippen LogP contribution < -0.4 is 10.1 Å². The van der Waals surface area contributed by atoms with E-state index in [2.05, 4.69) is 5.32 Å². The Balaban J connectivity index is 2.16. The molecule has 0 aromatic heterocycles. The predicted molar refractivity (Wildman–Crippen MR) is 113 cm³/mol. The Labute approximate surface area is 171 Å². The van der Waals surface area contributed by atoms with Crippen molar-refractivity contribution in [2.45, 2.75) is 44.3 Å². The van der Waals surface area contributed by atoms with Crippen molar-refractivity contribution in [2.24, 2.45) is 0 Å². The second-order valence-corrected chi connectivity index (χ2v) is 7.86. The number of carbonyl (C=O) groups is 2. The van der Waals surface area contributed by atoms with Gasteiger partial charge in [0.15, 0.2) is 0 Å². The van der Waals surface area contributed by atoms with E-state index in [-0.39, 0.29) is 23.6 Å². The monoisotopic (exact) mass is 400 g/mol. The van der Waals surface area contributed by atoms with Crippen molar-refractivity contribution in [3.63, 3.8) is 0 Å². The number of benzene rings is 2. The summed E-state index contributed by atoms with van der Waals surface area (Å²) in [6.07, 6.45) is 0. The molecule has 6 heteroatoms. The molecule has 0 aliphatic heterocycles. The Morgan fingerprint density at radius 2 is 1.79 bits per heavy atom. The summed E-state index contributed by atoms with van der Waals surface area (Å²) in [7, 11) is 1.61. The van der Waals surface area contributed by atoms with Crippen molar-refractivity contribution in [3.05, 3.63) is 60.2 Å². The van der Waals surface area contributed by atoms with Gasteiger partial charge in [-0.25, -0.2) is 0 Å². The lowest BCUT2D eigenvalue weighted by molar-refractivity contribution is -0.138. The molecule has 0 heterocycles. The highest BCUT2D eigenvalue weighted by Gasteiger charge is 2.26. The molecule has 5 nitrogen and oxygen atoms in total. The fourth-order valence-electron chi connectivity index (χ4n) is 2.70. The molecule has 0 saturated carbocycles. The van der Waals surface area contributed by atoms with E-state index in [0.717, 1.165) is 16.2 Å². The molecule has 1 unspecified atom stereocenters. The maximum absolute atomic E-state index is 13.0. The number of hydrogen-bond donors (Lipinski definition) is 1. The smallest absolute Gasteiger partial charge is 0.242 e. The standard InChI is InChI=1S/C22H28N2O3S/c1-16(2)23-22(26)17(3)24(14-18-9-8-10-19(13-18)27-4)21(25)15-28-20-11-6-5-7-12-20/h5-13,16-17H,14-15H2,1-4H3,(H,23,26). The van der Waals surface area contributed by atoms with Crippen molar-refractivity contribution in [1.82, 2.24) is 10.2 Å². The van der Waals surface area contributed by atoms with Gasteiger partial charge in [-0.2, -0.15) is 0 Å². The van der Waals surface area contributed by atoms with E-state index in [1.807, 2.05) is 68.4 Å². The summed E-state index contributed by atoms with van der Waals surface area (Å²) in [5, 5.41) is 2.90. The minimum atomic E-state index is -0.572. The molecule has 0 saturated heterocycles. The SMILES string of the molecule is COc1cccc(CN(C(=O)CSc2ccccc2)C(C)C(=O)NC(C)C)c1. The van der Waals surface area contributed by atoms with Gasteiger partial charge < -0.3 is 15.0 Å². The first-order valence-corrected chi connectivity index (χ1v) is 10.3. The zero-order valence-corrected chi connectivity index (χ0v) is 17.7. The van der Waals surface area contributed by atoms with Crippen LogP contribution in [0.1, 0.15) is 26.3 Å².